The molecule has 0 fully saturated rings. The van der Waals surface area contributed by atoms with Crippen molar-refractivity contribution in [2.45, 2.75) is 25.1 Å². The minimum absolute atomic E-state index is 0.173. The maximum atomic E-state index is 10.3. The first-order valence-corrected chi connectivity index (χ1v) is 4.43. The van der Waals surface area contributed by atoms with E-state index in [1.165, 1.54) is 0 Å². The zero-order valence-corrected chi connectivity index (χ0v) is 7.42. The van der Waals surface area contributed by atoms with Gasteiger partial charge in [0.1, 0.15) is 6.29 Å². The molecule has 0 bridgehead atoms. The fourth-order valence-electron chi connectivity index (χ4n) is 1.43. The molecule has 3 atom stereocenters. The van der Waals surface area contributed by atoms with Crippen LogP contribution in [0.1, 0.15) is 19.8 Å². The lowest BCUT2D eigenvalue weighted by molar-refractivity contribution is -0.111. The second-order valence-corrected chi connectivity index (χ2v) is 3.81. The van der Waals surface area contributed by atoms with E-state index in [0.29, 0.717) is 5.92 Å². The molecule has 0 aromatic heterocycles. The number of carbonyl (C=O) groups is 1. The molecule has 1 rings (SSSR count). The molecule has 62 valence electrons. The van der Waals surface area contributed by atoms with Gasteiger partial charge in [0, 0.05) is 5.92 Å². The minimum atomic E-state index is 0.173. The number of alkyl halides is 1. The van der Waals surface area contributed by atoms with Crippen molar-refractivity contribution >= 4 is 17.9 Å². The summed E-state index contributed by atoms with van der Waals surface area (Å²) in [5.74, 6) is 0.698. The predicted octanol–water partition coefficient (Wildman–Crippen LogP) is 2.40. The van der Waals surface area contributed by atoms with E-state index >= 15 is 0 Å². The summed E-state index contributed by atoms with van der Waals surface area (Å²) in [6.07, 6.45) is 7.10. The lowest BCUT2D eigenvalue weighted by Crippen LogP contribution is -2.04. The summed E-state index contributed by atoms with van der Waals surface area (Å²) >= 11 is 5.86. The van der Waals surface area contributed by atoms with Crippen LogP contribution in [0.2, 0.25) is 0 Å². The summed E-state index contributed by atoms with van der Waals surface area (Å²) in [6.45, 7) is 1.95. The molecule has 0 N–H and O–H groups in total. The van der Waals surface area contributed by atoms with E-state index < -0.39 is 0 Å². The third-order valence-corrected chi connectivity index (χ3v) is 2.35. The second-order valence-electron chi connectivity index (χ2n) is 3.25. The van der Waals surface area contributed by atoms with Crippen LogP contribution >= 0.6 is 11.6 Å². The summed E-state index contributed by atoms with van der Waals surface area (Å²) in [4.78, 5) is 10.3. The standard InChI is InChI=1S/C9H13ClO/c1-7(6-11)4-8-2-3-9(10)5-8/h2-3,6-9H,4-5H2,1H3. The van der Waals surface area contributed by atoms with Gasteiger partial charge in [-0.05, 0) is 18.8 Å². The third-order valence-electron chi connectivity index (χ3n) is 2.03. The van der Waals surface area contributed by atoms with Crippen LogP contribution in [-0.2, 0) is 4.79 Å². The Bertz CT molecular complexity index is 165. The zero-order valence-electron chi connectivity index (χ0n) is 6.66. The molecule has 0 saturated heterocycles. The van der Waals surface area contributed by atoms with Crippen LogP contribution in [0.4, 0.5) is 0 Å². The first kappa shape index (κ1) is 8.79. The van der Waals surface area contributed by atoms with Crippen molar-refractivity contribution in [2.24, 2.45) is 11.8 Å². The lowest BCUT2D eigenvalue weighted by Gasteiger charge is -2.09. The predicted molar refractivity (Wildman–Crippen MR) is 46.7 cm³/mol. The highest BCUT2D eigenvalue weighted by Crippen LogP contribution is 2.26. The number of aldehydes is 1. The summed E-state index contributed by atoms with van der Waals surface area (Å²) < 4.78 is 0. The lowest BCUT2D eigenvalue weighted by atomic mass is 9.96. The number of halogens is 1. The Hall–Kier alpha value is -0.300. The highest BCUT2D eigenvalue weighted by molar-refractivity contribution is 6.22. The topological polar surface area (TPSA) is 17.1 Å². The van der Waals surface area contributed by atoms with Crippen LogP contribution in [0.5, 0.6) is 0 Å². The SMILES string of the molecule is CC(C=O)CC1C=CC(Cl)C1. The van der Waals surface area contributed by atoms with Gasteiger partial charge < -0.3 is 4.79 Å². The molecular formula is C9H13ClO. The van der Waals surface area contributed by atoms with Crippen LogP contribution < -0.4 is 0 Å². The monoisotopic (exact) mass is 172 g/mol. The van der Waals surface area contributed by atoms with Gasteiger partial charge in [-0.25, -0.2) is 0 Å². The summed E-state index contributed by atoms with van der Waals surface area (Å²) in [5, 5.41) is 0.193. The maximum absolute atomic E-state index is 10.3. The molecule has 0 radical (unpaired) electrons. The van der Waals surface area contributed by atoms with Crippen molar-refractivity contribution in [3.05, 3.63) is 12.2 Å². The Kier molecular flexibility index (Phi) is 3.13. The van der Waals surface area contributed by atoms with E-state index in [1.54, 1.807) is 0 Å². The van der Waals surface area contributed by atoms with Gasteiger partial charge >= 0.3 is 0 Å². The van der Waals surface area contributed by atoms with Crippen LogP contribution in [0.3, 0.4) is 0 Å². The average molecular weight is 173 g/mol. The van der Waals surface area contributed by atoms with Crippen LogP contribution in [0.15, 0.2) is 12.2 Å². The van der Waals surface area contributed by atoms with Crippen LogP contribution in [0, 0.1) is 11.8 Å². The number of rotatable bonds is 3. The van der Waals surface area contributed by atoms with Gasteiger partial charge in [0.2, 0.25) is 0 Å². The Morgan fingerprint density at radius 1 is 1.73 bits per heavy atom. The fourth-order valence-corrected chi connectivity index (χ4v) is 1.74. The van der Waals surface area contributed by atoms with Gasteiger partial charge in [-0.2, -0.15) is 0 Å². The van der Waals surface area contributed by atoms with E-state index in [1.807, 2.05) is 13.0 Å². The van der Waals surface area contributed by atoms with Crippen molar-refractivity contribution in [1.29, 1.82) is 0 Å². The normalized spacial score (nSPS) is 32.2. The molecule has 0 aromatic rings. The zero-order chi connectivity index (χ0) is 8.27. The molecule has 0 saturated carbocycles. The highest BCUT2D eigenvalue weighted by Gasteiger charge is 2.18. The molecule has 11 heavy (non-hydrogen) atoms. The molecule has 2 heteroatoms. The van der Waals surface area contributed by atoms with Crippen molar-refractivity contribution < 1.29 is 4.79 Å². The average Bonchev–Trinajstić information content (AvgIpc) is 2.35. The quantitative estimate of drug-likeness (QED) is 0.363. The van der Waals surface area contributed by atoms with Gasteiger partial charge in [0.25, 0.3) is 0 Å². The van der Waals surface area contributed by atoms with Crippen molar-refractivity contribution in [3.8, 4) is 0 Å². The van der Waals surface area contributed by atoms with E-state index in [0.717, 1.165) is 19.1 Å². The fraction of sp³-hybridized carbons (Fsp3) is 0.667. The number of hydrogen-bond donors (Lipinski definition) is 0. The van der Waals surface area contributed by atoms with E-state index in [-0.39, 0.29) is 11.3 Å². The molecule has 1 aliphatic rings. The smallest absolute Gasteiger partial charge is 0.122 e. The third kappa shape index (κ3) is 2.66. The maximum Gasteiger partial charge on any atom is 0.122 e. The summed E-state index contributed by atoms with van der Waals surface area (Å²) in [7, 11) is 0. The van der Waals surface area contributed by atoms with E-state index in [2.05, 4.69) is 6.08 Å². The largest absolute Gasteiger partial charge is 0.303 e. The molecule has 0 amide bonds. The highest BCUT2D eigenvalue weighted by atomic mass is 35.5. The minimum Gasteiger partial charge on any atom is -0.303 e. The molecule has 0 aliphatic heterocycles. The van der Waals surface area contributed by atoms with E-state index in [4.69, 9.17) is 11.6 Å². The molecule has 1 nitrogen and oxygen atoms in total. The molecular weight excluding hydrogens is 160 g/mol. The van der Waals surface area contributed by atoms with Crippen molar-refractivity contribution in [2.75, 3.05) is 0 Å². The molecule has 0 aromatic carbocycles. The molecule has 0 heterocycles. The van der Waals surface area contributed by atoms with Crippen molar-refractivity contribution in [3.63, 3.8) is 0 Å². The Morgan fingerprint density at radius 2 is 2.45 bits per heavy atom. The first-order valence-electron chi connectivity index (χ1n) is 4.00. The van der Waals surface area contributed by atoms with Gasteiger partial charge in [-0.3, -0.25) is 0 Å². The number of allylic oxidation sites excluding steroid dienone is 2. The van der Waals surface area contributed by atoms with Gasteiger partial charge in [0.05, 0.1) is 5.38 Å². The molecule has 1 aliphatic carbocycles. The van der Waals surface area contributed by atoms with Gasteiger partial charge in [-0.1, -0.05) is 19.1 Å². The van der Waals surface area contributed by atoms with Crippen molar-refractivity contribution in [1.82, 2.24) is 0 Å². The Labute approximate surface area is 72.4 Å². The van der Waals surface area contributed by atoms with E-state index in [9.17, 15) is 4.79 Å². The summed E-state index contributed by atoms with van der Waals surface area (Å²) in [6, 6.07) is 0. The van der Waals surface area contributed by atoms with Gasteiger partial charge in [-0.15, -0.1) is 11.6 Å². The Morgan fingerprint density at radius 3 is 2.91 bits per heavy atom. The summed E-state index contributed by atoms with van der Waals surface area (Å²) in [5.41, 5.74) is 0. The first-order chi connectivity index (χ1) is 5.22. The molecule has 3 unspecified atom stereocenters. The molecule has 0 spiro atoms. The van der Waals surface area contributed by atoms with Gasteiger partial charge in [0.15, 0.2) is 0 Å². The van der Waals surface area contributed by atoms with Crippen LogP contribution in [-0.4, -0.2) is 11.7 Å². The second kappa shape index (κ2) is 3.91. The van der Waals surface area contributed by atoms with Crippen LogP contribution in [0.25, 0.3) is 0 Å². The Balaban J connectivity index is 2.29. The number of carbonyl (C=O) groups excluding carboxylic acids is 1. The number of hydrogen-bond acceptors (Lipinski definition) is 1.